The molecule has 9 heteroatoms. The molecule has 0 radical (unpaired) electrons. The molecule has 40 heavy (non-hydrogen) atoms. The fraction of sp³-hybridized carbons (Fsp3) is 0.290. The summed E-state index contributed by atoms with van der Waals surface area (Å²) in [5.74, 6) is 0.392. The van der Waals surface area contributed by atoms with Crippen LogP contribution in [0.25, 0.3) is 22.3 Å². The molecule has 0 spiro atoms. The fourth-order valence-electron chi connectivity index (χ4n) is 5.03. The first-order valence-corrected chi connectivity index (χ1v) is 13.4. The van der Waals surface area contributed by atoms with Crippen molar-refractivity contribution in [2.24, 2.45) is 0 Å². The highest BCUT2D eigenvalue weighted by atomic mass is 16.5. The standard InChI is InChI=1S/C31H32N4O5/c1-21-28(37)24-9-5-10-25(30(24)40-29(21)23-8-6-13-32-20-23)31(38)33-14-7-15-34-16-18-35(19-17-34)26-11-3-4-12-27(26)39-22(2)36/h3-6,8-13,20H,7,14-19H2,1-2H3,(H,33,38). The van der Waals surface area contributed by atoms with Crippen LogP contribution in [-0.4, -0.2) is 61.0 Å². The molecule has 1 fully saturated rings. The van der Waals surface area contributed by atoms with E-state index >= 15 is 0 Å². The minimum atomic E-state index is -0.331. The minimum Gasteiger partial charge on any atom is -0.455 e. The number of nitrogens with zero attached hydrogens (tertiary/aromatic N) is 3. The topological polar surface area (TPSA) is 105 Å². The van der Waals surface area contributed by atoms with Gasteiger partial charge in [0, 0.05) is 63.2 Å². The number of anilines is 1. The van der Waals surface area contributed by atoms with Crippen LogP contribution in [0.15, 0.2) is 76.2 Å². The summed E-state index contributed by atoms with van der Waals surface area (Å²) in [6, 6.07) is 16.3. The number of fused-ring (bicyclic) bond motifs is 1. The van der Waals surface area contributed by atoms with Crippen LogP contribution in [0.5, 0.6) is 5.75 Å². The Hall–Kier alpha value is -4.50. The first kappa shape index (κ1) is 27.1. The Balaban J connectivity index is 1.18. The summed E-state index contributed by atoms with van der Waals surface area (Å²) in [7, 11) is 0. The van der Waals surface area contributed by atoms with Crippen molar-refractivity contribution in [3.05, 3.63) is 88.3 Å². The summed E-state index contributed by atoms with van der Waals surface area (Å²) < 4.78 is 11.5. The van der Waals surface area contributed by atoms with Gasteiger partial charge in [0.2, 0.25) is 0 Å². The number of pyridine rings is 1. The maximum Gasteiger partial charge on any atom is 0.308 e. The molecule has 3 heterocycles. The largest absolute Gasteiger partial charge is 0.455 e. The van der Waals surface area contributed by atoms with E-state index in [1.807, 2.05) is 30.3 Å². The number of amides is 1. The van der Waals surface area contributed by atoms with Crippen LogP contribution >= 0.6 is 0 Å². The minimum absolute atomic E-state index is 0.163. The summed E-state index contributed by atoms with van der Waals surface area (Å²) in [5, 5.41) is 3.37. The zero-order valence-electron chi connectivity index (χ0n) is 22.7. The van der Waals surface area contributed by atoms with Gasteiger partial charge in [0.15, 0.2) is 16.8 Å². The molecule has 1 saturated heterocycles. The van der Waals surface area contributed by atoms with Crippen molar-refractivity contribution in [3.8, 4) is 17.1 Å². The average molecular weight is 541 g/mol. The first-order valence-electron chi connectivity index (χ1n) is 13.4. The van der Waals surface area contributed by atoms with E-state index in [1.54, 1.807) is 43.6 Å². The van der Waals surface area contributed by atoms with Gasteiger partial charge >= 0.3 is 5.97 Å². The van der Waals surface area contributed by atoms with Gasteiger partial charge < -0.3 is 19.4 Å². The zero-order valence-corrected chi connectivity index (χ0v) is 22.7. The third-order valence-corrected chi connectivity index (χ3v) is 7.08. The highest BCUT2D eigenvalue weighted by Gasteiger charge is 2.21. The Morgan fingerprint density at radius 1 is 1.02 bits per heavy atom. The molecule has 9 nitrogen and oxygen atoms in total. The second-order valence-corrected chi connectivity index (χ2v) is 9.81. The lowest BCUT2D eigenvalue weighted by molar-refractivity contribution is -0.131. The highest BCUT2D eigenvalue weighted by molar-refractivity contribution is 6.05. The van der Waals surface area contributed by atoms with Crippen molar-refractivity contribution in [2.75, 3.05) is 44.2 Å². The third-order valence-electron chi connectivity index (χ3n) is 7.08. The van der Waals surface area contributed by atoms with E-state index in [0.29, 0.717) is 40.1 Å². The van der Waals surface area contributed by atoms with E-state index < -0.39 is 0 Å². The monoisotopic (exact) mass is 540 g/mol. The average Bonchev–Trinajstić information content (AvgIpc) is 2.97. The molecule has 0 saturated carbocycles. The van der Waals surface area contributed by atoms with Crippen LogP contribution in [0.4, 0.5) is 5.69 Å². The zero-order chi connectivity index (χ0) is 28.1. The molecule has 0 bridgehead atoms. The molecule has 206 valence electrons. The van der Waals surface area contributed by atoms with Crippen LogP contribution < -0.4 is 20.4 Å². The van der Waals surface area contributed by atoms with E-state index in [1.165, 1.54) is 6.92 Å². The summed E-state index contributed by atoms with van der Waals surface area (Å²) in [4.78, 5) is 46.4. The van der Waals surface area contributed by atoms with Crippen LogP contribution in [0.2, 0.25) is 0 Å². The lowest BCUT2D eigenvalue weighted by Crippen LogP contribution is -2.47. The number of benzene rings is 2. The number of hydrogen-bond donors (Lipinski definition) is 1. The summed E-state index contributed by atoms with van der Waals surface area (Å²) in [5.41, 5.74) is 2.54. The molecule has 2 aromatic carbocycles. The van der Waals surface area contributed by atoms with Crippen LogP contribution in [0.3, 0.4) is 0 Å². The van der Waals surface area contributed by atoms with Gasteiger partial charge in [-0.2, -0.15) is 0 Å². The molecule has 1 aliphatic heterocycles. The maximum atomic E-state index is 13.1. The number of piperazine rings is 1. The van der Waals surface area contributed by atoms with E-state index in [2.05, 4.69) is 20.1 Å². The van der Waals surface area contributed by atoms with Gasteiger partial charge in [0.05, 0.1) is 16.6 Å². The van der Waals surface area contributed by atoms with Gasteiger partial charge in [0.1, 0.15) is 5.76 Å². The molecular weight excluding hydrogens is 508 g/mol. The Kier molecular flexibility index (Phi) is 8.21. The Bertz CT molecular complexity index is 1580. The number of ether oxygens (including phenoxy) is 1. The van der Waals surface area contributed by atoms with E-state index in [0.717, 1.165) is 44.8 Å². The summed E-state index contributed by atoms with van der Waals surface area (Å²) in [6.45, 7) is 7.84. The van der Waals surface area contributed by atoms with Crippen molar-refractivity contribution in [1.29, 1.82) is 0 Å². The Morgan fingerprint density at radius 2 is 1.82 bits per heavy atom. The molecule has 0 atom stereocenters. The number of carbonyl (C=O) groups is 2. The number of rotatable bonds is 8. The van der Waals surface area contributed by atoms with Gasteiger partial charge in [-0.3, -0.25) is 24.3 Å². The third kappa shape index (κ3) is 5.89. The van der Waals surface area contributed by atoms with Gasteiger partial charge in [-0.15, -0.1) is 0 Å². The van der Waals surface area contributed by atoms with Crippen molar-refractivity contribution >= 4 is 28.5 Å². The highest BCUT2D eigenvalue weighted by Crippen LogP contribution is 2.29. The van der Waals surface area contributed by atoms with E-state index in [-0.39, 0.29) is 22.9 Å². The molecule has 1 amide bonds. The predicted molar refractivity (Wildman–Crippen MR) is 154 cm³/mol. The number of hydrogen-bond acceptors (Lipinski definition) is 8. The molecule has 0 unspecified atom stereocenters. The molecule has 4 aromatic rings. The number of carbonyl (C=O) groups excluding carboxylic acids is 2. The maximum absolute atomic E-state index is 13.1. The van der Waals surface area contributed by atoms with Crippen LogP contribution in [0, 0.1) is 6.92 Å². The van der Waals surface area contributed by atoms with Crippen LogP contribution in [0.1, 0.15) is 29.3 Å². The number of esters is 1. The molecule has 2 aromatic heterocycles. The van der Waals surface area contributed by atoms with E-state index in [4.69, 9.17) is 9.15 Å². The lowest BCUT2D eigenvalue weighted by Gasteiger charge is -2.36. The SMILES string of the molecule is CC(=O)Oc1ccccc1N1CCN(CCCNC(=O)c2cccc3c(=O)c(C)c(-c4cccnc4)oc23)CC1. The number of aromatic nitrogens is 1. The van der Waals surface area contributed by atoms with Crippen molar-refractivity contribution in [1.82, 2.24) is 15.2 Å². The van der Waals surface area contributed by atoms with Crippen molar-refractivity contribution in [2.45, 2.75) is 20.3 Å². The second-order valence-electron chi connectivity index (χ2n) is 9.81. The lowest BCUT2D eigenvalue weighted by atomic mass is 10.0. The van der Waals surface area contributed by atoms with Gasteiger partial charge in [-0.1, -0.05) is 18.2 Å². The van der Waals surface area contributed by atoms with Gasteiger partial charge in [-0.05, 0) is 56.3 Å². The quantitative estimate of drug-likeness (QED) is 0.203. The van der Waals surface area contributed by atoms with Gasteiger partial charge in [-0.25, -0.2) is 0 Å². The first-order chi connectivity index (χ1) is 19.4. The van der Waals surface area contributed by atoms with Crippen molar-refractivity contribution in [3.63, 3.8) is 0 Å². The Morgan fingerprint density at radius 3 is 2.58 bits per heavy atom. The molecule has 1 N–H and O–H groups in total. The molecule has 0 aliphatic carbocycles. The second kappa shape index (κ2) is 12.1. The molecule has 1 aliphatic rings. The van der Waals surface area contributed by atoms with Gasteiger partial charge in [0.25, 0.3) is 5.91 Å². The normalized spacial score (nSPS) is 13.8. The fourth-order valence-corrected chi connectivity index (χ4v) is 5.03. The van der Waals surface area contributed by atoms with E-state index in [9.17, 15) is 14.4 Å². The van der Waals surface area contributed by atoms with Crippen LogP contribution in [-0.2, 0) is 4.79 Å². The molecule has 5 rings (SSSR count). The Labute approximate surface area is 232 Å². The van der Waals surface area contributed by atoms with Crippen molar-refractivity contribution < 1.29 is 18.7 Å². The smallest absolute Gasteiger partial charge is 0.308 e. The number of para-hydroxylation sites is 3. The summed E-state index contributed by atoms with van der Waals surface area (Å²) >= 11 is 0. The summed E-state index contributed by atoms with van der Waals surface area (Å²) in [6.07, 6.45) is 4.07. The number of nitrogens with one attached hydrogen (secondary N) is 1. The molecular formula is C31H32N4O5. The predicted octanol–water partition coefficient (Wildman–Crippen LogP) is 4.03.